The first-order chi connectivity index (χ1) is 11.0. The van der Waals surface area contributed by atoms with Crippen molar-refractivity contribution >= 4 is 23.8 Å². The van der Waals surface area contributed by atoms with Crippen LogP contribution in [0.25, 0.3) is 0 Å². The number of aromatic hydroxyl groups is 1. The quantitative estimate of drug-likeness (QED) is 0.738. The highest BCUT2D eigenvalue weighted by Gasteiger charge is 2.21. The van der Waals surface area contributed by atoms with E-state index in [0.29, 0.717) is 30.0 Å². The molecule has 1 aromatic carbocycles. The maximum Gasteiger partial charge on any atom is 0.255 e. The normalized spacial score (nSPS) is 14.5. The second-order valence-electron chi connectivity index (χ2n) is 5.42. The van der Waals surface area contributed by atoms with Crippen molar-refractivity contribution in [2.75, 3.05) is 13.7 Å². The molecule has 0 saturated carbocycles. The maximum atomic E-state index is 11.9. The van der Waals surface area contributed by atoms with Gasteiger partial charge in [0.15, 0.2) is 16.3 Å². The van der Waals surface area contributed by atoms with Crippen molar-refractivity contribution in [1.82, 2.24) is 14.9 Å². The van der Waals surface area contributed by atoms with Gasteiger partial charge >= 0.3 is 0 Å². The van der Waals surface area contributed by atoms with E-state index in [-0.39, 0.29) is 16.3 Å². The number of methoxy groups -OCH3 is 1. The van der Waals surface area contributed by atoms with E-state index in [1.165, 1.54) is 7.11 Å². The summed E-state index contributed by atoms with van der Waals surface area (Å²) < 4.78 is 5.37. The average molecular weight is 354 g/mol. The van der Waals surface area contributed by atoms with Gasteiger partial charge in [-0.15, -0.1) is 0 Å². The molecule has 6 nitrogen and oxygen atoms in total. The molecule has 23 heavy (non-hydrogen) atoms. The number of halogens is 1. The Balaban J connectivity index is 1.84. The third-order valence-electron chi connectivity index (χ3n) is 3.96. The fourth-order valence-corrected chi connectivity index (χ4v) is 3.21. The Kier molecular flexibility index (Phi) is 4.43. The lowest BCUT2D eigenvalue weighted by atomic mass is 10.1. The second-order valence-corrected chi connectivity index (χ2v) is 6.20. The summed E-state index contributed by atoms with van der Waals surface area (Å²) in [6, 6.07) is 3.52. The van der Waals surface area contributed by atoms with Crippen LogP contribution in [0.3, 0.4) is 0 Å². The van der Waals surface area contributed by atoms with Crippen molar-refractivity contribution in [1.29, 1.82) is 0 Å². The van der Waals surface area contributed by atoms with Crippen molar-refractivity contribution in [2.45, 2.75) is 19.5 Å². The van der Waals surface area contributed by atoms with E-state index < -0.39 is 0 Å². The molecule has 122 valence electrons. The Labute approximate surface area is 142 Å². The Morgan fingerprint density at radius 2 is 2.22 bits per heavy atom. The summed E-state index contributed by atoms with van der Waals surface area (Å²) in [6.45, 7) is 1.86. The highest BCUT2D eigenvalue weighted by Crippen LogP contribution is 2.37. The number of hydrogen-bond acceptors (Lipinski definition) is 5. The summed E-state index contributed by atoms with van der Waals surface area (Å²) in [5.74, 6) is 0.290. The lowest BCUT2D eigenvalue weighted by Gasteiger charge is -2.28. The molecule has 2 heterocycles. The molecule has 3 N–H and O–H groups in total. The number of fused-ring (bicyclic) bond motifs is 1. The average Bonchev–Trinajstić information content (AvgIpc) is 2.51. The van der Waals surface area contributed by atoms with Crippen LogP contribution in [0.2, 0.25) is 5.02 Å². The predicted octanol–water partition coefficient (Wildman–Crippen LogP) is 2.36. The van der Waals surface area contributed by atoms with E-state index in [4.69, 9.17) is 28.6 Å². The van der Waals surface area contributed by atoms with Crippen LogP contribution < -0.4 is 10.3 Å². The molecule has 1 aliphatic heterocycles. The van der Waals surface area contributed by atoms with Crippen LogP contribution in [0, 0.1) is 4.77 Å². The fraction of sp³-hybridized carbons (Fsp3) is 0.333. The number of aromatic amines is 2. The molecule has 8 heteroatoms. The summed E-state index contributed by atoms with van der Waals surface area (Å²) in [5.41, 5.74) is 2.26. The van der Waals surface area contributed by atoms with Crippen LogP contribution >= 0.6 is 23.8 Å². The summed E-state index contributed by atoms with van der Waals surface area (Å²) >= 11 is 11.2. The number of aromatic nitrogens is 2. The Morgan fingerprint density at radius 3 is 2.96 bits per heavy atom. The summed E-state index contributed by atoms with van der Waals surface area (Å²) in [5, 5.41) is 10.3. The number of phenols is 1. The Bertz CT molecular complexity index is 862. The van der Waals surface area contributed by atoms with Crippen LogP contribution in [-0.2, 0) is 19.5 Å². The Morgan fingerprint density at radius 1 is 1.43 bits per heavy atom. The largest absolute Gasteiger partial charge is 0.503 e. The summed E-state index contributed by atoms with van der Waals surface area (Å²) in [7, 11) is 1.48. The number of nitrogens with one attached hydrogen (secondary N) is 2. The highest BCUT2D eigenvalue weighted by atomic mass is 35.5. The minimum absolute atomic E-state index is 0.0556. The van der Waals surface area contributed by atoms with Crippen molar-refractivity contribution < 1.29 is 9.84 Å². The molecule has 3 rings (SSSR count). The number of H-pyrrole nitrogens is 2. The van der Waals surface area contributed by atoms with E-state index >= 15 is 0 Å². The SMILES string of the molecule is COc1ccc(CN2CCc3c([nH]c(=S)[nH]c3=O)C2)c(Cl)c1O. The lowest BCUT2D eigenvalue weighted by Crippen LogP contribution is -2.34. The van der Waals surface area contributed by atoms with Gasteiger partial charge in [0, 0.05) is 30.9 Å². The van der Waals surface area contributed by atoms with Gasteiger partial charge in [0.25, 0.3) is 5.56 Å². The van der Waals surface area contributed by atoms with Gasteiger partial charge < -0.3 is 14.8 Å². The van der Waals surface area contributed by atoms with Gasteiger partial charge in [-0.1, -0.05) is 17.7 Å². The molecule has 1 aromatic heterocycles. The molecular formula is C15H16ClN3O3S. The topological polar surface area (TPSA) is 81.3 Å². The second kappa shape index (κ2) is 6.35. The van der Waals surface area contributed by atoms with E-state index in [0.717, 1.165) is 23.4 Å². The molecule has 0 spiro atoms. The fourth-order valence-electron chi connectivity index (χ4n) is 2.78. The zero-order valence-corrected chi connectivity index (χ0v) is 14.1. The number of nitrogens with zero attached hydrogens (tertiary/aromatic N) is 1. The molecule has 0 saturated heterocycles. The van der Waals surface area contributed by atoms with Crippen molar-refractivity contribution in [2.24, 2.45) is 0 Å². The molecule has 0 aliphatic carbocycles. The number of phenolic OH excluding ortho intramolecular Hbond substituents is 1. The van der Waals surface area contributed by atoms with Crippen LogP contribution in [0.5, 0.6) is 11.5 Å². The molecule has 2 aromatic rings. The molecule has 1 aliphatic rings. The molecule has 0 atom stereocenters. The lowest BCUT2D eigenvalue weighted by molar-refractivity contribution is 0.240. The zero-order chi connectivity index (χ0) is 16.6. The van der Waals surface area contributed by atoms with Gasteiger partial charge in [-0.05, 0) is 30.3 Å². The van der Waals surface area contributed by atoms with E-state index in [1.54, 1.807) is 6.07 Å². The van der Waals surface area contributed by atoms with Gasteiger partial charge in [0.1, 0.15) is 0 Å². The number of ether oxygens (including phenoxy) is 1. The van der Waals surface area contributed by atoms with E-state index in [9.17, 15) is 9.90 Å². The van der Waals surface area contributed by atoms with Crippen LogP contribution in [0.15, 0.2) is 16.9 Å². The number of rotatable bonds is 3. The van der Waals surface area contributed by atoms with E-state index in [1.807, 2.05) is 6.07 Å². The van der Waals surface area contributed by atoms with Gasteiger partial charge in [-0.3, -0.25) is 14.7 Å². The van der Waals surface area contributed by atoms with Gasteiger partial charge in [0.05, 0.1) is 12.1 Å². The third kappa shape index (κ3) is 3.12. The first-order valence-corrected chi connectivity index (χ1v) is 7.89. The minimum atomic E-state index is -0.122. The zero-order valence-electron chi connectivity index (χ0n) is 12.5. The molecule has 0 fully saturated rings. The van der Waals surface area contributed by atoms with Crippen LogP contribution in [-0.4, -0.2) is 33.6 Å². The first-order valence-electron chi connectivity index (χ1n) is 7.10. The van der Waals surface area contributed by atoms with Crippen molar-refractivity contribution in [3.05, 3.63) is 49.1 Å². The molecule has 0 amide bonds. The van der Waals surface area contributed by atoms with Crippen molar-refractivity contribution in [3.8, 4) is 11.5 Å². The third-order valence-corrected chi connectivity index (χ3v) is 4.59. The highest BCUT2D eigenvalue weighted by molar-refractivity contribution is 7.71. The minimum Gasteiger partial charge on any atom is -0.503 e. The van der Waals surface area contributed by atoms with Gasteiger partial charge in [-0.25, -0.2) is 0 Å². The first kappa shape index (κ1) is 16.0. The number of benzene rings is 1. The maximum absolute atomic E-state index is 11.9. The Hall–Kier alpha value is -1.83. The number of hydrogen-bond donors (Lipinski definition) is 3. The van der Waals surface area contributed by atoms with Crippen LogP contribution in [0.4, 0.5) is 0 Å². The summed E-state index contributed by atoms with van der Waals surface area (Å²) in [6.07, 6.45) is 0.635. The smallest absolute Gasteiger partial charge is 0.255 e. The predicted molar refractivity (Wildman–Crippen MR) is 89.7 cm³/mol. The van der Waals surface area contributed by atoms with Gasteiger partial charge in [-0.2, -0.15) is 0 Å². The monoisotopic (exact) mass is 353 g/mol. The molecule has 0 radical (unpaired) electrons. The van der Waals surface area contributed by atoms with Crippen LogP contribution in [0.1, 0.15) is 16.8 Å². The molecular weight excluding hydrogens is 338 g/mol. The van der Waals surface area contributed by atoms with Crippen molar-refractivity contribution in [3.63, 3.8) is 0 Å². The molecule has 0 bridgehead atoms. The summed E-state index contributed by atoms with van der Waals surface area (Å²) in [4.78, 5) is 19.7. The standard InChI is InChI=1S/C15H16ClN3O3S/c1-22-11-3-2-8(12(16)13(11)20)6-19-5-4-9-10(7-19)17-15(23)18-14(9)21/h2-3,20H,4-7H2,1H3,(H2,17,18,21,23). The molecule has 0 unspecified atom stereocenters. The van der Waals surface area contributed by atoms with E-state index in [2.05, 4.69) is 14.9 Å². The van der Waals surface area contributed by atoms with Gasteiger partial charge in [0.2, 0.25) is 0 Å².